The quantitative estimate of drug-likeness (QED) is 0.445. The molecule has 0 saturated heterocycles. The molecular weight excluding hydrogens is 246 g/mol. The number of rotatable bonds is 5. The Bertz CT molecular complexity index is 556. The van der Waals surface area contributed by atoms with Crippen LogP contribution in [0.3, 0.4) is 0 Å². The number of benzene rings is 2. The molecule has 1 fully saturated rings. The largest absolute Gasteiger partial charge is 0.365 e. The molecule has 3 rings (SSSR count). The second-order valence-electron chi connectivity index (χ2n) is 4.94. The van der Waals surface area contributed by atoms with Gasteiger partial charge in [-0.1, -0.05) is 65.8 Å². The summed E-state index contributed by atoms with van der Waals surface area (Å²) >= 11 is 0. The Morgan fingerprint density at radius 2 is 1.45 bits per heavy atom. The third kappa shape index (κ3) is 3.35. The number of hydrogen-bond acceptors (Lipinski definition) is 2. The smallest absolute Gasteiger partial charge is 0.118 e. The summed E-state index contributed by atoms with van der Waals surface area (Å²) in [7, 11) is 0. The lowest BCUT2D eigenvalue weighted by Gasteiger charge is -2.05. The Hall–Kier alpha value is -2.35. The number of oxime groups is 1. The van der Waals surface area contributed by atoms with E-state index in [2.05, 4.69) is 11.2 Å². The molecule has 0 radical (unpaired) electrons. The topological polar surface area (TPSA) is 21.6 Å². The van der Waals surface area contributed by atoms with E-state index in [4.69, 9.17) is 4.84 Å². The molecule has 2 aromatic rings. The van der Waals surface area contributed by atoms with Crippen molar-refractivity contribution in [3.63, 3.8) is 0 Å². The Kier molecular flexibility index (Phi) is 3.93. The van der Waals surface area contributed by atoms with Gasteiger partial charge >= 0.3 is 0 Å². The lowest BCUT2D eigenvalue weighted by molar-refractivity contribution is 0.267. The molecule has 100 valence electrons. The summed E-state index contributed by atoms with van der Waals surface area (Å²) in [6.45, 7) is 0. The van der Waals surface area contributed by atoms with Crippen molar-refractivity contribution >= 4 is 5.71 Å². The van der Waals surface area contributed by atoms with Crippen LogP contribution < -0.4 is 0 Å². The highest BCUT2D eigenvalue weighted by molar-refractivity contribution is 6.12. The van der Waals surface area contributed by atoms with Crippen LogP contribution in [0.25, 0.3) is 0 Å². The third-order valence-electron chi connectivity index (χ3n) is 3.27. The molecule has 1 aliphatic rings. The third-order valence-corrected chi connectivity index (χ3v) is 3.27. The molecule has 0 spiro atoms. The SMILES string of the molecule is C(=C\C1CC1)/ON=C(c1ccccc1)c1ccccc1. The van der Waals surface area contributed by atoms with Gasteiger partial charge in [0.1, 0.15) is 12.0 Å². The average molecular weight is 263 g/mol. The van der Waals surface area contributed by atoms with Crippen LogP contribution in [0.1, 0.15) is 24.0 Å². The predicted octanol–water partition coefficient (Wildman–Crippen LogP) is 4.38. The summed E-state index contributed by atoms with van der Waals surface area (Å²) in [5.41, 5.74) is 2.96. The molecule has 0 bridgehead atoms. The molecule has 0 aliphatic heterocycles. The van der Waals surface area contributed by atoms with Crippen LogP contribution >= 0.6 is 0 Å². The van der Waals surface area contributed by atoms with E-state index < -0.39 is 0 Å². The molecule has 2 heteroatoms. The molecule has 0 aromatic heterocycles. The van der Waals surface area contributed by atoms with Gasteiger partial charge in [0.25, 0.3) is 0 Å². The lowest BCUT2D eigenvalue weighted by Crippen LogP contribution is -2.03. The van der Waals surface area contributed by atoms with Gasteiger partial charge in [-0.05, 0) is 24.8 Å². The zero-order valence-corrected chi connectivity index (χ0v) is 11.3. The molecule has 1 aliphatic carbocycles. The molecule has 2 aromatic carbocycles. The van der Waals surface area contributed by atoms with Crippen molar-refractivity contribution < 1.29 is 4.84 Å². The van der Waals surface area contributed by atoms with Crippen molar-refractivity contribution in [1.82, 2.24) is 0 Å². The number of nitrogens with zero attached hydrogens (tertiary/aromatic N) is 1. The zero-order valence-electron chi connectivity index (χ0n) is 11.3. The van der Waals surface area contributed by atoms with Crippen molar-refractivity contribution in [1.29, 1.82) is 0 Å². The van der Waals surface area contributed by atoms with Crippen LogP contribution in [-0.4, -0.2) is 5.71 Å². The fourth-order valence-corrected chi connectivity index (χ4v) is 1.98. The van der Waals surface area contributed by atoms with E-state index >= 15 is 0 Å². The van der Waals surface area contributed by atoms with Crippen LogP contribution in [0.4, 0.5) is 0 Å². The fraction of sp³-hybridized carbons (Fsp3) is 0.167. The van der Waals surface area contributed by atoms with Crippen LogP contribution in [0.5, 0.6) is 0 Å². The first-order chi connectivity index (χ1) is 9.93. The first-order valence-electron chi connectivity index (χ1n) is 6.95. The summed E-state index contributed by atoms with van der Waals surface area (Å²) < 4.78 is 0. The van der Waals surface area contributed by atoms with E-state index in [0.29, 0.717) is 5.92 Å². The predicted molar refractivity (Wildman–Crippen MR) is 81.5 cm³/mol. The van der Waals surface area contributed by atoms with Crippen molar-refractivity contribution in [2.75, 3.05) is 0 Å². The van der Waals surface area contributed by atoms with Gasteiger partial charge in [0.2, 0.25) is 0 Å². The molecular formula is C18H17NO. The summed E-state index contributed by atoms with van der Waals surface area (Å²) in [5, 5.41) is 4.29. The Labute approximate surface area is 119 Å². The second-order valence-corrected chi connectivity index (χ2v) is 4.94. The average Bonchev–Trinajstić information content (AvgIpc) is 3.33. The molecule has 0 unspecified atom stereocenters. The van der Waals surface area contributed by atoms with Gasteiger partial charge in [-0.15, -0.1) is 0 Å². The van der Waals surface area contributed by atoms with Crippen LogP contribution in [0, 0.1) is 5.92 Å². The molecule has 1 saturated carbocycles. The van der Waals surface area contributed by atoms with E-state index in [9.17, 15) is 0 Å². The van der Waals surface area contributed by atoms with Gasteiger partial charge in [-0.3, -0.25) is 0 Å². The zero-order chi connectivity index (χ0) is 13.6. The van der Waals surface area contributed by atoms with Crippen molar-refractivity contribution in [3.8, 4) is 0 Å². The first-order valence-corrected chi connectivity index (χ1v) is 6.95. The fourth-order valence-electron chi connectivity index (χ4n) is 1.98. The Balaban J connectivity index is 1.85. The Morgan fingerprint density at radius 1 is 0.900 bits per heavy atom. The van der Waals surface area contributed by atoms with Crippen molar-refractivity contribution in [2.45, 2.75) is 12.8 Å². The van der Waals surface area contributed by atoms with E-state index in [0.717, 1.165) is 16.8 Å². The van der Waals surface area contributed by atoms with Gasteiger partial charge in [0.05, 0.1) is 0 Å². The standard InChI is InChI=1S/C18H17NO/c1-3-7-16(8-4-1)18(17-9-5-2-6-10-17)19-20-14-13-15-11-12-15/h1-10,13-15H,11-12H2/b14-13+. The minimum Gasteiger partial charge on any atom is -0.365 e. The van der Waals surface area contributed by atoms with E-state index in [1.54, 1.807) is 6.26 Å². The second kappa shape index (κ2) is 6.20. The molecule has 20 heavy (non-hydrogen) atoms. The maximum atomic E-state index is 5.36. The first kappa shape index (κ1) is 12.7. The van der Waals surface area contributed by atoms with E-state index in [-0.39, 0.29) is 0 Å². The maximum Gasteiger partial charge on any atom is 0.118 e. The molecule has 0 N–H and O–H groups in total. The van der Waals surface area contributed by atoms with E-state index in [1.807, 2.05) is 60.7 Å². The highest BCUT2D eigenvalue weighted by Crippen LogP contribution is 2.29. The Morgan fingerprint density at radius 3 is 1.95 bits per heavy atom. The van der Waals surface area contributed by atoms with Crippen LogP contribution in [-0.2, 0) is 4.84 Å². The highest BCUT2D eigenvalue weighted by Gasteiger charge is 2.17. The lowest BCUT2D eigenvalue weighted by atomic mass is 10.0. The van der Waals surface area contributed by atoms with Crippen LogP contribution in [0.2, 0.25) is 0 Å². The van der Waals surface area contributed by atoms with Gasteiger partial charge in [0.15, 0.2) is 0 Å². The molecule has 0 atom stereocenters. The minimum atomic E-state index is 0.696. The molecule has 0 amide bonds. The highest BCUT2D eigenvalue weighted by atomic mass is 16.6. The normalized spacial score (nSPS) is 14.2. The minimum absolute atomic E-state index is 0.696. The summed E-state index contributed by atoms with van der Waals surface area (Å²) in [4.78, 5) is 5.36. The van der Waals surface area contributed by atoms with Gasteiger partial charge in [0, 0.05) is 11.1 Å². The van der Waals surface area contributed by atoms with E-state index in [1.165, 1.54) is 12.8 Å². The maximum absolute atomic E-state index is 5.36. The van der Waals surface area contributed by atoms with Gasteiger partial charge in [-0.2, -0.15) is 0 Å². The summed E-state index contributed by atoms with van der Waals surface area (Å²) in [5.74, 6) is 0.696. The van der Waals surface area contributed by atoms with Crippen molar-refractivity contribution in [2.24, 2.45) is 11.1 Å². The molecule has 2 nitrogen and oxygen atoms in total. The number of hydrogen-bond donors (Lipinski definition) is 0. The monoisotopic (exact) mass is 263 g/mol. The molecule has 0 heterocycles. The summed E-state index contributed by atoms with van der Waals surface area (Å²) in [6, 6.07) is 20.2. The summed E-state index contributed by atoms with van der Waals surface area (Å²) in [6.07, 6.45) is 6.32. The number of allylic oxidation sites excluding steroid dienone is 1. The van der Waals surface area contributed by atoms with Crippen LogP contribution in [0.15, 0.2) is 78.2 Å². The van der Waals surface area contributed by atoms with Crippen molar-refractivity contribution in [3.05, 3.63) is 84.1 Å². The van der Waals surface area contributed by atoms with Gasteiger partial charge in [-0.25, -0.2) is 0 Å². The van der Waals surface area contributed by atoms with Gasteiger partial charge < -0.3 is 4.84 Å².